The molecule has 0 fully saturated rings. The van der Waals surface area contributed by atoms with Gasteiger partial charge in [0.15, 0.2) is 0 Å². The highest BCUT2D eigenvalue weighted by Gasteiger charge is 2.06. The van der Waals surface area contributed by atoms with Gasteiger partial charge in [-0.1, -0.05) is 36.4 Å². The third kappa shape index (κ3) is 2.88. The first-order valence-electron chi connectivity index (χ1n) is 6.63. The molecular weight excluding hydrogens is 268 g/mol. The number of fused-ring (bicyclic) bond motifs is 1. The van der Waals surface area contributed by atoms with Crippen LogP contribution in [0.1, 0.15) is 5.56 Å². The summed E-state index contributed by atoms with van der Waals surface area (Å²) in [6, 6.07) is 16.6. The number of aliphatic hydroxyl groups excluding tert-OH is 1. The molecule has 0 aliphatic rings. The Bertz CT molecular complexity index is 694. The number of nitrogens with zero attached hydrogens (tertiary/aromatic N) is 1. The predicted octanol–water partition coefficient (Wildman–Crippen LogP) is 3.05. The second-order valence-corrected chi connectivity index (χ2v) is 5.62. The van der Waals surface area contributed by atoms with Crippen LogP contribution in [-0.4, -0.2) is 23.2 Å². The van der Waals surface area contributed by atoms with Crippen molar-refractivity contribution >= 4 is 21.6 Å². The van der Waals surface area contributed by atoms with Crippen molar-refractivity contribution in [3.05, 3.63) is 54.1 Å². The van der Waals surface area contributed by atoms with Gasteiger partial charge in [0.25, 0.3) is 0 Å². The first kappa shape index (κ1) is 13.2. The third-order valence-electron chi connectivity index (χ3n) is 3.09. The zero-order valence-electron chi connectivity index (χ0n) is 11.0. The van der Waals surface area contributed by atoms with E-state index in [-0.39, 0.29) is 6.61 Å². The van der Waals surface area contributed by atoms with E-state index < -0.39 is 0 Å². The molecule has 4 heteroatoms. The van der Waals surface area contributed by atoms with Gasteiger partial charge in [-0.15, -0.1) is 11.3 Å². The van der Waals surface area contributed by atoms with Crippen molar-refractivity contribution in [2.75, 3.05) is 13.2 Å². The molecule has 3 aromatic rings. The maximum absolute atomic E-state index is 8.77. The fourth-order valence-corrected chi connectivity index (χ4v) is 3.13. The number of nitrogens with one attached hydrogen (secondary N) is 1. The van der Waals surface area contributed by atoms with E-state index in [1.165, 1.54) is 10.3 Å². The Morgan fingerprint density at radius 3 is 2.75 bits per heavy atom. The molecule has 0 aliphatic carbocycles. The molecular formula is C16H16N2OS. The van der Waals surface area contributed by atoms with Gasteiger partial charge in [-0.3, -0.25) is 0 Å². The Hall–Kier alpha value is -1.75. The van der Waals surface area contributed by atoms with Gasteiger partial charge in [-0.05, 0) is 17.7 Å². The van der Waals surface area contributed by atoms with E-state index in [1.807, 2.05) is 18.2 Å². The lowest BCUT2D eigenvalue weighted by molar-refractivity contribution is 0.292. The second-order valence-electron chi connectivity index (χ2n) is 4.59. The molecule has 20 heavy (non-hydrogen) atoms. The first-order valence-corrected chi connectivity index (χ1v) is 7.45. The first-order chi connectivity index (χ1) is 9.86. The smallest absolute Gasteiger partial charge is 0.124 e. The van der Waals surface area contributed by atoms with Crippen LogP contribution in [-0.2, 0) is 6.54 Å². The molecule has 1 aromatic heterocycles. The maximum Gasteiger partial charge on any atom is 0.124 e. The number of rotatable bonds is 5. The Labute approximate surface area is 121 Å². The summed E-state index contributed by atoms with van der Waals surface area (Å²) < 4.78 is 1.20. The summed E-state index contributed by atoms with van der Waals surface area (Å²) in [7, 11) is 0. The quantitative estimate of drug-likeness (QED) is 0.708. The molecule has 0 unspecified atom stereocenters. The summed E-state index contributed by atoms with van der Waals surface area (Å²) in [4.78, 5) is 4.68. The average Bonchev–Trinajstić information content (AvgIpc) is 2.92. The fourth-order valence-electron chi connectivity index (χ4n) is 2.09. The molecule has 0 atom stereocenters. The molecule has 102 valence electrons. The molecule has 0 saturated heterocycles. The molecule has 0 amide bonds. The predicted molar refractivity (Wildman–Crippen MR) is 83.8 cm³/mol. The molecule has 3 rings (SSSR count). The number of hydrogen-bond acceptors (Lipinski definition) is 4. The molecule has 0 saturated carbocycles. The minimum absolute atomic E-state index is 0.168. The standard InChI is InChI=1S/C16H16N2OS/c19-9-8-17-11-12-6-7-14-15(10-12)20-16(18-14)13-4-2-1-3-5-13/h1-7,10,17,19H,8-9,11H2. The van der Waals surface area contributed by atoms with Crippen LogP contribution >= 0.6 is 11.3 Å². The van der Waals surface area contributed by atoms with Crippen molar-refractivity contribution in [3.63, 3.8) is 0 Å². The normalized spacial score (nSPS) is 11.1. The van der Waals surface area contributed by atoms with Gasteiger partial charge >= 0.3 is 0 Å². The van der Waals surface area contributed by atoms with Crippen LogP contribution in [0.5, 0.6) is 0 Å². The number of benzene rings is 2. The maximum atomic E-state index is 8.77. The molecule has 0 spiro atoms. The Morgan fingerprint density at radius 1 is 1.10 bits per heavy atom. The highest BCUT2D eigenvalue weighted by molar-refractivity contribution is 7.21. The summed E-state index contributed by atoms with van der Waals surface area (Å²) in [6.45, 7) is 1.56. The van der Waals surface area contributed by atoms with Crippen LogP contribution in [0.2, 0.25) is 0 Å². The number of aromatic nitrogens is 1. The topological polar surface area (TPSA) is 45.1 Å². The summed E-state index contributed by atoms with van der Waals surface area (Å²) in [5, 5.41) is 13.0. The zero-order valence-corrected chi connectivity index (χ0v) is 11.9. The van der Waals surface area contributed by atoms with Gasteiger partial charge < -0.3 is 10.4 Å². The van der Waals surface area contributed by atoms with Crippen LogP contribution in [0, 0.1) is 0 Å². The van der Waals surface area contributed by atoms with Crippen molar-refractivity contribution in [1.82, 2.24) is 10.3 Å². The summed E-state index contributed by atoms with van der Waals surface area (Å²) >= 11 is 1.72. The van der Waals surface area contributed by atoms with Crippen LogP contribution < -0.4 is 5.32 Å². The van der Waals surface area contributed by atoms with E-state index in [9.17, 15) is 0 Å². The van der Waals surface area contributed by atoms with E-state index in [0.717, 1.165) is 22.6 Å². The highest BCUT2D eigenvalue weighted by Crippen LogP contribution is 2.30. The summed E-state index contributed by atoms with van der Waals surface area (Å²) in [6.07, 6.45) is 0. The van der Waals surface area contributed by atoms with Gasteiger partial charge in [-0.2, -0.15) is 0 Å². The number of thiazole rings is 1. The molecule has 0 radical (unpaired) electrons. The van der Waals surface area contributed by atoms with Gasteiger partial charge in [0.1, 0.15) is 5.01 Å². The number of hydrogen-bond donors (Lipinski definition) is 2. The molecule has 3 nitrogen and oxygen atoms in total. The van der Waals surface area contributed by atoms with Crippen LogP contribution in [0.4, 0.5) is 0 Å². The summed E-state index contributed by atoms with van der Waals surface area (Å²) in [5.41, 5.74) is 3.42. The van der Waals surface area contributed by atoms with E-state index >= 15 is 0 Å². The molecule has 1 heterocycles. The lowest BCUT2D eigenvalue weighted by Gasteiger charge is -2.02. The average molecular weight is 284 g/mol. The SMILES string of the molecule is OCCNCc1ccc2nc(-c3ccccc3)sc2c1. The van der Waals surface area contributed by atoms with Gasteiger partial charge in [0.05, 0.1) is 16.8 Å². The van der Waals surface area contributed by atoms with Crippen LogP contribution in [0.15, 0.2) is 48.5 Å². The van der Waals surface area contributed by atoms with E-state index in [2.05, 4.69) is 40.6 Å². The van der Waals surface area contributed by atoms with Crippen molar-refractivity contribution in [2.45, 2.75) is 6.54 Å². The van der Waals surface area contributed by atoms with Crippen molar-refractivity contribution in [1.29, 1.82) is 0 Å². The third-order valence-corrected chi connectivity index (χ3v) is 4.16. The zero-order chi connectivity index (χ0) is 13.8. The molecule has 0 bridgehead atoms. The summed E-state index contributed by atoms with van der Waals surface area (Å²) in [5.74, 6) is 0. The van der Waals surface area contributed by atoms with E-state index in [0.29, 0.717) is 6.54 Å². The van der Waals surface area contributed by atoms with Gasteiger partial charge in [0.2, 0.25) is 0 Å². The Balaban J connectivity index is 1.88. The Morgan fingerprint density at radius 2 is 1.95 bits per heavy atom. The van der Waals surface area contributed by atoms with Crippen molar-refractivity contribution in [3.8, 4) is 10.6 Å². The second kappa shape index (κ2) is 6.13. The van der Waals surface area contributed by atoms with Gasteiger partial charge in [-0.25, -0.2) is 4.98 Å². The fraction of sp³-hybridized carbons (Fsp3) is 0.188. The van der Waals surface area contributed by atoms with E-state index in [1.54, 1.807) is 11.3 Å². The number of aliphatic hydroxyl groups is 1. The lowest BCUT2D eigenvalue weighted by atomic mass is 10.2. The van der Waals surface area contributed by atoms with Crippen LogP contribution in [0.3, 0.4) is 0 Å². The van der Waals surface area contributed by atoms with Gasteiger partial charge in [0, 0.05) is 18.7 Å². The van der Waals surface area contributed by atoms with Crippen LogP contribution in [0.25, 0.3) is 20.8 Å². The van der Waals surface area contributed by atoms with Crippen molar-refractivity contribution < 1.29 is 5.11 Å². The lowest BCUT2D eigenvalue weighted by Crippen LogP contribution is -2.17. The minimum Gasteiger partial charge on any atom is -0.395 e. The highest BCUT2D eigenvalue weighted by atomic mass is 32.1. The largest absolute Gasteiger partial charge is 0.395 e. The minimum atomic E-state index is 0.168. The van der Waals surface area contributed by atoms with E-state index in [4.69, 9.17) is 5.11 Å². The molecule has 2 N–H and O–H groups in total. The molecule has 0 aliphatic heterocycles. The monoisotopic (exact) mass is 284 g/mol. The molecule has 2 aromatic carbocycles. The Kier molecular flexibility index (Phi) is 4.06. The van der Waals surface area contributed by atoms with Crippen molar-refractivity contribution in [2.24, 2.45) is 0 Å².